The molecule has 4 aromatic carbocycles. The maximum absolute atomic E-state index is 10.1. The van der Waals surface area contributed by atoms with E-state index < -0.39 is 12.5 Å². The normalized spacial score (nSPS) is 14.2. The molecule has 2 N–H and O–H groups in total. The van der Waals surface area contributed by atoms with Gasteiger partial charge < -0.3 is 10.0 Å². The van der Waals surface area contributed by atoms with Crippen LogP contribution in [0, 0.1) is 0 Å². The van der Waals surface area contributed by atoms with E-state index in [0.717, 1.165) is 33.0 Å². The summed E-state index contributed by atoms with van der Waals surface area (Å²) in [7, 11) is -1.53. The van der Waals surface area contributed by atoms with Crippen LogP contribution in [0.4, 0.5) is 0 Å². The van der Waals surface area contributed by atoms with Crippen molar-refractivity contribution in [2.45, 2.75) is 5.41 Å². The summed E-state index contributed by atoms with van der Waals surface area (Å²) < 4.78 is 0. The molecule has 0 saturated carbocycles. The van der Waals surface area contributed by atoms with Gasteiger partial charge in [0, 0.05) is 12.4 Å². The van der Waals surface area contributed by atoms with Gasteiger partial charge in [0.15, 0.2) is 0 Å². The van der Waals surface area contributed by atoms with Crippen LogP contribution in [0.3, 0.4) is 0 Å². The van der Waals surface area contributed by atoms with Gasteiger partial charge in [0.2, 0.25) is 0 Å². The highest BCUT2D eigenvalue weighted by molar-refractivity contribution is 6.62. The number of fused-ring (bicyclic) bond motifs is 9. The van der Waals surface area contributed by atoms with E-state index in [1.165, 1.54) is 22.3 Å². The Labute approximate surface area is 185 Å². The lowest BCUT2D eigenvalue weighted by molar-refractivity contribution is 0.426. The second-order valence-corrected chi connectivity index (χ2v) is 8.57. The Morgan fingerprint density at radius 2 is 1.25 bits per heavy atom. The summed E-state index contributed by atoms with van der Waals surface area (Å²) in [4.78, 5) is 4.57. The lowest BCUT2D eigenvalue weighted by Gasteiger charge is -2.39. The number of rotatable bonds is 1. The molecule has 0 fully saturated rings. The Balaban J connectivity index is 1.77. The third-order valence-corrected chi connectivity index (χ3v) is 7.22. The Morgan fingerprint density at radius 3 is 1.97 bits per heavy atom. The molecule has 32 heavy (non-hydrogen) atoms. The van der Waals surface area contributed by atoms with Crippen molar-refractivity contribution in [1.29, 1.82) is 0 Å². The number of nitrogens with zero attached hydrogens (tertiary/aromatic N) is 1. The quantitative estimate of drug-likeness (QED) is 0.397. The fraction of sp³-hybridized carbons (Fsp3) is 0.0357. The fourth-order valence-electron chi connectivity index (χ4n) is 6.08. The Bertz CT molecular complexity index is 1530. The summed E-state index contributed by atoms with van der Waals surface area (Å²) in [5.41, 5.74) is 9.51. The first-order chi connectivity index (χ1) is 15.7. The van der Waals surface area contributed by atoms with E-state index in [9.17, 15) is 10.0 Å². The molecule has 2 aliphatic rings. The Morgan fingerprint density at radius 1 is 0.594 bits per heavy atom. The molecule has 5 aromatic rings. The van der Waals surface area contributed by atoms with E-state index in [1.54, 1.807) is 0 Å². The number of benzene rings is 4. The predicted molar refractivity (Wildman–Crippen MR) is 128 cm³/mol. The Kier molecular flexibility index (Phi) is 3.45. The van der Waals surface area contributed by atoms with E-state index in [1.807, 2.05) is 36.7 Å². The zero-order valence-electron chi connectivity index (χ0n) is 17.2. The highest BCUT2D eigenvalue weighted by Crippen LogP contribution is 2.61. The largest absolute Gasteiger partial charge is 0.489 e. The lowest BCUT2D eigenvalue weighted by atomic mass is 9.61. The van der Waals surface area contributed by atoms with Crippen LogP contribution in [0.5, 0.6) is 0 Å². The van der Waals surface area contributed by atoms with Crippen molar-refractivity contribution in [2.24, 2.45) is 0 Å². The topological polar surface area (TPSA) is 53.4 Å². The van der Waals surface area contributed by atoms with Crippen molar-refractivity contribution in [1.82, 2.24) is 4.98 Å². The molecule has 0 aliphatic heterocycles. The highest BCUT2D eigenvalue weighted by Gasteiger charge is 2.50. The number of hydrogen-bond acceptors (Lipinski definition) is 3. The number of hydrogen-bond donors (Lipinski definition) is 2. The molecule has 0 bridgehead atoms. The first-order valence-electron chi connectivity index (χ1n) is 10.8. The van der Waals surface area contributed by atoms with Gasteiger partial charge in [-0.1, -0.05) is 78.9 Å². The lowest BCUT2D eigenvalue weighted by Crippen LogP contribution is -2.34. The van der Waals surface area contributed by atoms with Crippen molar-refractivity contribution in [2.75, 3.05) is 0 Å². The molecule has 1 heterocycles. The highest BCUT2D eigenvalue weighted by atomic mass is 16.4. The molecule has 0 saturated heterocycles. The second-order valence-electron chi connectivity index (χ2n) is 8.57. The molecule has 0 atom stereocenters. The van der Waals surface area contributed by atoms with Gasteiger partial charge in [-0.3, -0.25) is 4.98 Å². The molecule has 0 radical (unpaired) electrons. The van der Waals surface area contributed by atoms with E-state index in [4.69, 9.17) is 0 Å². The van der Waals surface area contributed by atoms with Crippen molar-refractivity contribution in [3.05, 3.63) is 120 Å². The molecular weight excluding hydrogens is 393 g/mol. The minimum Gasteiger partial charge on any atom is -0.423 e. The fourth-order valence-corrected chi connectivity index (χ4v) is 6.08. The van der Waals surface area contributed by atoms with Gasteiger partial charge in [0.1, 0.15) is 0 Å². The van der Waals surface area contributed by atoms with Crippen LogP contribution < -0.4 is 5.46 Å². The maximum atomic E-state index is 10.1. The van der Waals surface area contributed by atoms with Gasteiger partial charge in [-0.05, 0) is 66.8 Å². The molecule has 7 rings (SSSR count). The van der Waals surface area contributed by atoms with Crippen molar-refractivity contribution >= 4 is 23.4 Å². The van der Waals surface area contributed by atoms with E-state index >= 15 is 0 Å². The summed E-state index contributed by atoms with van der Waals surface area (Å²) in [6.45, 7) is 0. The van der Waals surface area contributed by atoms with Crippen LogP contribution in [-0.2, 0) is 5.41 Å². The van der Waals surface area contributed by atoms with Gasteiger partial charge in [0.25, 0.3) is 0 Å². The molecule has 2 aliphatic carbocycles. The molecule has 0 unspecified atom stereocenters. The number of pyridine rings is 1. The summed E-state index contributed by atoms with van der Waals surface area (Å²) >= 11 is 0. The Hall–Kier alpha value is -3.73. The molecule has 1 spiro atoms. The van der Waals surface area contributed by atoms with Gasteiger partial charge in [-0.25, -0.2) is 0 Å². The molecule has 150 valence electrons. The third-order valence-electron chi connectivity index (χ3n) is 7.22. The first kappa shape index (κ1) is 17.9. The van der Waals surface area contributed by atoms with Gasteiger partial charge >= 0.3 is 7.12 Å². The minimum absolute atomic E-state index is 0.512. The van der Waals surface area contributed by atoms with Crippen molar-refractivity contribution in [3.63, 3.8) is 0 Å². The standard InChI is InChI=1S/C28H18BNO2/c31-29(32)26-13-12-20-19-14-15-30-16-25(19)28(24-11-5-8-21(26)27(20)24)22-9-3-1-6-17(22)18-7-2-4-10-23(18)28/h1-16,31-32H. The molecular formula is C28H18BNO2. The van der Waals surface area contributed by atoms with Gasteiger partial charge in [-0.2, -0.15) is 0 Å². The van der Waals surface area contributed by atoms with E-state index in [2.05, 4.69) is 65.6 Å². The SMILES string of the molecule is OB(O)c1ccc2c3c(cccc13)C1(c3ccccc3-c3ccccc31)c1cnccc1-2. The molecule has 1 aromatic heterocycles. The number of aromatic nitrogens is 1. The van der Waals surface area contributed by atoms with Crippen LogP contribution in [0.2, 0.25) is 0 Å². The van der Waals surface area contributed by atoms with E-state index in [-0.39, 0.29) is 0 Å². The van der Waals surface area contributed by atoms with Gasteiger partial charge in [-0.15, -0.1) is 0 Å². The average molecular weight is 411 g/mol. The monoisotopic (exact) mass is 411 g/mol. The first-order valence-corrected chi connectivity index (χ1v) is 10.8. The molecule has 3 nitrogen and oxygen atoms in total. The predicted octanol–water partition coefficient (Wildman–Crippen LogP) is 4.26. The molecule has 4 heteroatoms. The summed E-state index contributed by atoms with van der Waals surface area (Å²) in [5.74, 6) is 0. The van der Waals surface area contributed by atoms with Gasteiger partial charge in [0.05, 0.1) is 5.41 Å². The third kappa shape index (κ3) is 1.97. The van der Waals surface area contributed by atoms with Crippen LogP contribution >= 0.6 is 0 Å². The smallest absolute Gasteiger partial charge is 0.423 e. The van der Waals surface area contributed by atoms with E-state index in [0.29, 0.717) is 5.46 Å². The van der Waals surface area contributed by atoms with Crippen LogP contribution in [0.25, 0.3) is 33.0 Å². The summed E-state index contributed by atoms with van der Waals surface area (Å²) in [6.07, 6.45) is 3.85. The summed E-state index contributed by atoms with van der Waals surface area (Å²) in [6, 6.07) is 29.4. The van der Waals surface area contributed by atoms with Crippen molar-refractivity contribution < 1.29 is 10.0 Å². The molecule has 0 amide bonds. The van der Waals surface area contributed by atoms with Crippen LogP contribution in [-0.4, -0.2) is 22.2 Å². The zero-order chi connectivity index (χ0) is 21.4. The minimum atomic E-state index is -1.53. The average Bonchev–Trinajstić information content (AvgIpc) is 3.13. The second kappa shape index (κ2) is 6.16. The summed E-state index contributed by atoms with van der Waals surface area (Å²) in [5, 5.41) is 22.2. The zero-order valence-corrected chi connectivity index (χ0v) is 17.2. The van der Waals surface area contributed by atoms with Crippen LogP contribution in [0.1, 0.15) is 22.3 Å². The maximum Gasteiger partial charge on any atom is 0.489 e. The van der Waals surface area contributed by atoms with Crippen molar-refractivity contribution in [3.8, 4) is 22.3 Å². The van der Waals surface area contributed by atoms with Crippen LogP contribution in [0.15, 0.2) is 97.3 Å².